The van der Waals surface area contributed by atoms with Gasteiger partial charge in [0.25, 0.3) is 0 Å². The Morgan fingerprint density at radius 3 is 2.73 bits per heavy atom. The van der Waals surface area contributed by atoms with E-state index in [2.05, 4.69) is 4.98 Å². The zero-order valence-corrected chi connectivity index (χ0v) is 17.1. The highest BCUT2D eigenvalue weighted by molar-refractivity contribution is 6.30. The molecule has 0 aliphatic carbocycles. The predicted molar refractivity (Wildman–Crippen MR) is 115 cm³/mol. The maximum atomic E-state index is 12.8. The molecular formula is C23H20ClN3O3. The van der Waals surface area contributed by atoms with Crippen LogP contribution in [-0.4, -0.2) is 23.3 Å². The van der Waals surface area contributed by atoms with Crippen LogP contribution in [-0.2, 0) is 4.79 Å². The molecule has 7 heteroatoms. The molecule has 0 bridgehead atoms. The Kier molecular flexibility index (Phi) is 5.42. The molecule has 1 aliphatic heterocycles. The van der Waals surface area contributed by atoms with Gasteiger partial charge in [-0.05, 0) is 43.3 Å². The number of benzene rings is 2. The van der Waals surface area contributed by atoms with Crippen molar-refractivity contribution in [3.8, 4) is 11.6 Å². The van der Waals surface area contributed by atoms with Crippen LogP contribution < -0.4 is 15.4 Å². The van der Waals surface area contributed by atoms with Crippen molar-refractivity contribution in [2.45, 2.75) is 19.3 Å². The minimum atomic E-state index is -0.529. The number of carbonyl (C=O) groups excluding carboxylic acids is 2. The SMILES string of the molecule is Cc1cccc(Oc2cc(Cl)ccc2[C@H]2CC(=O)N(c3cccc(C(N)=O)c3)C2)n1. The third kappa shape index (κ3) is 4.14. The molecule has 2 amide bonds. The number of amides is 2. The number of rotatable bonds is 5. The van der Waals surface area contributed by atoms with Crippen LogP contribution in [0.5, 0.6) is 11.6 Å². The summed E-state index contributed by atoms with van der Waals surface area (Å²) in [6.45, 7) is 2.35. The minimum absolute atomic E-state index is 0.0313. The van der Waals surface area contributed by atoms with E-state index in [0.717, 1.165) is 11.3 Å². The lowest BCUT2D eigenvalue weighted by Gasteiger charge is -2.19. The van der Waals surface area contributed by atoms with Gasteiger partial charge in [-0.3, -0.25) is 9.59 Å². The molecule has 30 heavy (non-hydrogen) atoms. The number of hydrogen-bond acceptors (Lipinski definition) is 4. The average Bonchev–Trinajstić information content (AvgIpc) is 3.09. The van der Waals surface area contributed by atoms with Crippen molar-refractivity contribution in [2.24, 2.45) is 5.73 Å². The summed E-state index contributed by atoms with van der Waals surface area (Å²) in [7, 11) is 0. The molecule has 2 aromatic carbocycles. The standard InChI is InChI=1S/C23H20ClN3O3/c1-14-4-2-7-21(26-14)30-20-12-17(24)8-9-19(20)16-11-22(28)27(13-16)18-6-3-5-15(10-18)23(25)29/h2-10,12,16H,11,13H2,1H3,(H2,25,29)/t16-/m0/s1. The highest BCUT2D eigenvalue weighted by Crippen LogP contribution is 2.39. The Morgan fingerprint density at radius 2 is 1.97 bits per heavy atom. The number of hydrogen-bond donors (Lipinski definition) is 1. The highest BCUT2D eigenvalue weighted by Gasteiger charge is 2.33. The molecule has 1 aromatic heterocycles. The molecular weight excluding hydrogens is 402 g/mol. The lowest BCUT2D eigenvalue weighted by Crippen LogP contribution is -2.24. The summed E-state index contributed by atoms with van der Waals surface area (Å²) >= 11 is 6.20. The summed E-state index contributed by atoms with van der Waals surface area (Å²) < 4.78 is 6.02. The van der Waals surface area contributed by atoms with Crippen molar-refractivity contribution >= 4 is 29.1 Å². The van der Waals surface area contributed by atoms with E-state index in [1.807, 2.05) is 25.1 Å². The molecule has 2 heterocycles. The Labute approximate surface area is 179 Å². The van der Waals surface area contributed by atoms with Crippen molar-refractivity contribution in [3.63, 3.8) is 0 Å². The fourth-order valence-electron chi connectivity index (χ4n) is 3.61. The van der Waals surface area contributed by atoms with Gasteiger partial charge in [-0.1, -0.05) is 29.8 Å². The van der Waals surface area contributed by atoms with Gasteiger partial charge in [-0.2, -0.15) is 0 Å². The molecule has 0 radical (unpaired) electrons. The van der Waals surface area contributed by atoms with Crippen LogP contribution in [0.4, 0.5) is 5.69 Å². The zero-order chi connectivity index (χ0) is 21.3. The lowest BCUT2D eigenvalue weighted by molar-refractivity contribution is -0.117. The van der Waals surface area contributed by atoms with Crippen LogP contribution in [0, 0.1) is 6.92 Å². The van der Waals surface area contributed by atoms with E-state index in [-0.39, 0.29) is 11.8 Å². The van der Waals surface area contributed by atoms with Gasteiger partial charge in [0, 0.05) is 52.5 Å². The number of halogens is 1. The molecule has 1 fully saturated rings. The van der Waals surface area contributed by atoms with Crippen molar-refractivity contribution < 1.29 is 14.3 Å². The van der Waals surface area contributed by atoms with E-state index in [0.29, 0.717) is 40.9 Å². The van der Waals surface area contributed by atoms with Gasteiger partial charge in [-0.25, -0.2) is 4.98 Å². The number of nitrogens with two attached hydrogens (primary N) is 1. The van der Waals surface area contributed by atoms with Crippen LogP contribution in [0.25, 0.3) is 0 Å². The molecule has 0 spiro atoms. The van der Waals surface area contributed by atoms with Gasteiger partial charge in [0.05, 0.1) is 0 Å². The summed E-state index contributed by atoms with van der Waals surface area (Å²) in [5.74, 6) is 0.391. The molecule has 3 aromatic rings. The number of aromatic nitrogens is 1. The van der Waals surface area contributed by atoms with Crippen LogP contribution in [0.1, 0.15) is 34.0 Å². The van der Waals surface area contributed by atoms with E-state index >= 15 is 0 Å². The monoisotopic (exact) mass is 421 g/mol. The lowest BCUT2D eigenvalue weighted by atomic mass is 9.97. The van der Waals surface area contributed by atoms with Crippen LogP contribution in [0.2, 0.25) is 5.02 Å². The summed E-state index contributed by atoms with van der Waals surface area (Å²) in [5, 5.41) is 0.539. The first-order valence-corrected chi connectivity index (χ1v) is 9.89. The van der Waals surface area contributed by atoms with Crippen LogP contribution >= 0.6 is 11.6 Å². The fourth-order valence-corrected chi connectivity index (χ4v) is 3.78. The quantitative estimate of drug-likeness (QED) is 0.659. The van der Waals surface area contributed by atoms with Crippen molar-refractivity contribution in [1.82, 2.24) is 4.98 Å². The number of primary amides is 1. The number of anilines is 1. The normalized spacial score (nSPS) is 16.0. The maximum Gasteiger partial charge on any atom is 0.248 e. The Bertz CT molecular complexity index is 1130. The number of nitrogens with zero attached hydrogens (tertiary/aromatic N) is 2. The van der Waals surface area contributed by atoms with E-state index in [4.69, 9.17) is 22.1 Å². The second-order valence-corrected chi connectivity index (χ2v) is 7.66. The molecule has 152 valence electrons. The van der Waals surface area contributed by atoms with Crippen molar-refractivity contribution in [2.75, 3.05) is 11.4 Å². The largest absolute Gasteiger partial charge is 0.439 e. The van der Waals surface area contributed by atoms with Gasteiger partial charge in [0.2, 0.25) is 17.7 Å². The third-order valence-corrected chi connectivity index (χ3v) is 5.30. The Morgan fingerprint density at radius 1 is 1.17 bits per heavy atom. The van der Waals surface area contributed by atoms with E-state index in [9.17, 15) is 9.59 Å². The molecule has 1 atom stereocenters. The van der Waals surface area contributed by atoms with Crippen molar-refractivity contribution in [1.29, 1.82) is 0 Å². The molecule has 6 nitrogen and oxygen atoms in total. The predicted octanol–water partition coefficient (Wildman–Crippen LogP) is 4.46. The minimum Gasteiger partial charge on any atom is -0.439 e. The molecule has 0 unspecified atom stereocenters. The van der Waals surface area contributed by atoms with Gasteiger partial charge < -0.3 is 15.4 Å². The Hall–Kier alpha value is -3.38. The van der Waals surface area contributed by atoms with Gasteiger partial charge in [0.1, 0.15) is 5.75 Å². The second-order valence-electron chi connectivity index (χ2n) is 7.22. The molecule has 4 rings (SSSR count). The maximum absolute atomic E-state index is 12.8. The smallest absolute Gasteiger partial charge is 0.248 e. The van der Waals surface area contributed by atoms with E-state index in [1.165, 1.54) is 0 Å². The fraction of sp³-hybridized carbons (Fsp3) is 0.174. The van der Waals surface area contributed by atoms with Gasteiger partial charge in [0.15, 0.2) is 0 Å². The summed E-state index contributed by atoms with van der Waals surface area (Å²) in [5.41, 5.74) is 8.11. The molecule has 1 aliphatic rings. The number of ether oxygens (including phenoxy) is 1. The summed E-state index contributed by atoms with van der Waals surface area (Å²) in [6, 6.07) is 17.7. The van der Waals surface area contributed by atoms with Gasteiger partial charge >= 0.3 is 0 Å². The first-order valence-electron chi connectivity index (χ1n) is 9.52. The topological polar surface area (TPSA) is 85.5 Å². The van der Waals surface area contributed by atoms with E-state index < -0.39 is 5.91 Å². The second kappa shape index (κ2) is 8.16. The van der Waals surface area contributed by atoms with Crippen LogP contribution in [0.15, 0.2) is 60.7 Å². The van der Waals surface area contributed by atoms with Gasteiger partial charge in [-0.15, -0.1) is 0 Å². The number of carbonyl (C=O) groups is 2. The average molecular weight is 422 g/mol. The molecule has 2 N–H and O–H groups in total. The summed E-state index contributed by atoms with van der Waals surface area (Å²) in [4.78, 5) is 30.3. The first kappa shape index (κ1) is 19.9. The Balaban J connectivity index is 1.63. The zero-order valence-electron chi connectivity index (χ0n) is 16.3. The van der Waals surface area contributed by atoms with Crippen molar-refractivity contribution in [3.05, 3.63) is 82.5 Å². The summed E-state index contributed by atoms with van der Waals surface area (Å²) in [6.07, 6.45) is 0.319. The molecule has 1 saturated heterocycles. The number of aryl methyl sites for hydroxylation is 1. The first-order chi connectivity index (χ1) is 14.4. The van der Waals surface area contributed by atoms with E-state index in [1.54, 1.807) is 47.4 Å². The third-order valence-electron chi connectivity index (χ3n) is 5.06. The van der Waals surface area contributed by atoms with Crippen LogP contribution in [0.3, 0.4) is 0 Å². The molecule has 0 saturated carbocycles. The number of pyridine rings is 1. The highest BCUT2D eigenvalue weighted by atomic mass is 35.5.